The Balaban J connectivity index is 2.46. The summed E-state index contributed by atoms with van der Waals surface area (Å²) >= 11 is 0. The number of carbonyl (C=O) groups is 1. The Kier molecular flexibility index (Phi) is 2.59. The number of methoxy groups -OCH3 is 1. The summed E-state index contributed by atoms with van der Waals surface area (Å²) in [6, 6.07) is 9.02. The van der Waals surface area contributed by atoms with Crippen molar-refractivity contribution in [2.75, 3.05) is 7.11 Å². The number of hydrogen-bond acceptors (Lipinski definition) is 3. The highest BCUT2D eigenvalue weighted by molar-refractivity contribution is 5.92. The average Bonchev–Trinajstić information content (AvgIpc) is 2.78. The van der Waals surface area contributed by atoms with Gasteiger partial charge in [0.15, 0.2) is 0 Å². The monoisotopic (exact) mass is 217 g/mol. The molecular weight excluding hydrogens is 206 g/mol. The van der Waals surface area contributed by atoms with Gasteiger partial charge in [0.2, 0.25) is 0 Å². The number of amides is 1. The molecule has 5 nitrogen and oxygen atoms in total. The van der Waals surface area contributed by atoms with Crippen LogP contribution in [0.4, 0.5) is 0 Å². The van der Waals surface area contributed by atoms with E-state index in [0.29, 0.717) is 11.4 Å². The Hall–Kier alpha value is -2.30. The minimum Gasteiger partial charge on any atom is -0.496 e. The molecule has 0 fully saturated rings. The molecule has 0 aliphatic carbocycles. The van der Waals surface area contributed by atoms with E-state index in [2.05, 4.69) is 10.2 Å². The number of ether oxygens (including phenoxy) is 1. The largest absolute Gasteiger partial charge is 0.496 e. The van der Waals surface area contributed by atoms with Gasteiger partial charge in [-0.05, 0) is 18.2 Å². The maximum Gasteiger partial charge on any atom is 0.266 e. The first kappa shape index (κ1) is 10.2. The van der Waals surface area contributed by atoms with Crippen LogP contribution in [0.2, 0.25) is 0 Å². The number of primary amides is 1. The minimum absolute atomic E-state index is 0.279. The van der Waals surface area contributed by atoms with E-state index in [-0.39, 0.29) is 5.69 Å². The molecule has 0 saturated carbocycles. The molecule has 2 aromatic rings. The Morgan fingerprint density at radius 2 is 2.19 bits per heavy atom. The lowest BCUT2D eigenvalue weighted by Crippen LogP contribution is -2.10. The molecule has 0 saturated heterocycles. The fourth-order valence-corrected chi connectivity index (χ4v) is 1.44. The number of nitrogens with zero attached hydrogens (tertiary/aromatic N) is 1. The van der Waals surface area contributed by atoms with Crippen molar-refractivity contribution in [2.45, 2.75) is 0 Å². The van der Waals surface area contributed by atoms with E-state index in [0.717, 1.165) is 5.56 Å². The lowest BCUT2D eigenvalue weighted by atomic mass is 10.1. The first-order chi connectivity index (χ1) is 7.72. The number of nitrogens with two attached hydrogens (primary N) is 1. The van der Waals surface area contributed by atoms with Gasteiger partial charge in [0, 0.05) is 5.56 Å². The molecular formula is C11H11N3O2. The zero-order valence-corrected chi connectivity index (χ0v) is 8.73. The summed E-state index contributed by atoms with van der Waals surface area (Å²) in [4.78, 5) is 10.9. The van der Waals surface area contributed by atoms with Crippen LogP contribution in [0.5, 0.6) is 5.75 Å². The molecule has 0 radical (unpaired) electrons. The standard InChI is InChI=1S/C11H11N3O2/c1-16-10-5-3-2-4-7(10)8-6-9(11(12)15)14-13-8/h2-6H,1H3,(H2,12,15)(H,13,14). The molecule has 1 amide bonds. The molecule has 0 aliphatic heterocycles. The molecule has 2 rings (SSSR count). The fraction of sp³-hybridized carbons (Fsp3) is 0.0909. The number of carbonyl (C=O) groups excluding carboxylic acids is 1. The van der Waals surface area contributed by atoms with Crippen LogP contribution >= 0.6 is 0 Å². The average molecular weight is 217 g/mol. The second-order valence-electron chi connectivity index (χ2n) is 3.23. The van der Waals surface area contributed by atoms with Gasteiger partial charge in [0.05, 0.1) is 12.8 Å². The van der Waals surface area contributed by atoms with E-state index in [1.807, 2.05) is 24.3 Å². The van der Waals surface area contributed by atoms with Gasteiger partial charge >= 0.3 is 0 Å². The Labute approximate surface area is 92.2 Å². The van der Waals surface area contributed by atoms with Crippen LogP contribution in [0.25, 0.3) is 11.3 Å². The van der Waals surface area contributed by atoms with Crippen LogP contribution in [0.15, 0.2) is 30.3 Å². The van der Waals surface area contributed by atoms with Crippen LogP contribution in [-0.4, -0.2) is 23.2 Å². The molecule has 0 aliphatic rings. The summed E-state index contributed by atoms with van der Waals surface area (Å²) in [7, 11) is 1.58. The molecule has 5 heteroatoms. The quantitative estimate of drug-likeness (QED) is 0.810. The Bertz CT molecular complexity index is 519. The van der Waals surface area contributed by atoms with Crippen LogP contribution in [-0.2, 0) is 0 Å². The lowest BCUT2D eigenvalue weighted by molar-refractivity contribution is 0.0995. The van der Waals surface area contributed by atoms with Crippen LogP contribution in [0.3, 0.4) is 0 Å². The zero-order valence-electron chi connectivity index (χ0n) is 8.73. The third-order valence-electron chi connectivity index (χ3n) is 2.23. The van der Waals surface area contributed by atoms with Crippen molar-refractivity contribution in [1.29, 1.82) is 0 Å². The highest BCUT2D eigenvalue weighted by Gasteiger charge is 2.10. The van der Waals surface area contributed by atoms with Gasteiger partial charge in [-0.2, -0.15) is 5.10 Å². The van der Waals surface area contributed by atoms with Gasteiger partial charge in [0.25, 0.3) is 5.91 Å². The van der Waals surface area contributed by atoms with E-state index < -0.39 is 5.91 Å². The first-order valence-corrected chi connectivity index (χ1v) is 4.71. The van der Waals surface area contributed by atoms with E-state index in [4.69, 9.17) is 10.5 Å². The van der Waals surface area contributed by atoms with E-state index in [9.17, 15) is 4.79 Å². The van der Waals surface area contributed by atoms with E-state index in [1.54, 1.807) is 13.2 Å². The van der Waals surface area contributed by atoms with Gasteiger partial charge in [-0.25, -0.2) is 0 Å². The summed E-state index contributed by atoms with van der Waals surface area (Å²) in [5.41, 5.74) is 6.86. The third-order valence-corrected chi connectivity index (χ3v) is 2.23. The van der Waals surface area contributed by atoms with Crippen molar-refractivity contribution >= 4 is 5.91 Å². The van der Waals surface area contributed by atoms with Gasteiger partial charge in [-0.15, -0.1) is 0 Å². The molecule has 16 heavy (non-hydrogen) atoms. The number of rotatable bonds is 3. The third kappa shape index (κ3) is 1.75. The second kappa shape index (κ2) is 4.06. The predicted octanol–water partition coefficient (Wildman–Crippen LogP) is 1.18. The maximum atomic E-state index is 10.9. The summed E-state index contributed by atoms with van der Waals surface area (Å²) in [6.45, 7) is 0. The topological polar surface area (TPSA) is 81.0 Å². The molecule has 0 unspecified atom stereocenters. The zero-order chi connectivity index (χ0) is 11.5. The summed E-state index contributed by atoms with van der Waals surface area (Å²) in [6.07, 6.45) is 0. The summed E-state index contributed by atoms with van der Waals surface area (Å²) < 4.78 is 5.20. The SMILES string of the molecule is COc1ccccc1-c1cc(C(N)=O)[nH]n1. The molecule has 0 bridgehead atoms. The predicted molar refractivity (Wildman–Crippen MR) is 59.1 cm³/mol. The number of benzene rings is 1. The number of nitrogens with one attached hydrogen (secondary N) is 1. The number of aromatic nitrogens is 2. The van der Waals surface area contributed by atoms with Crippen molar-refractivity contribution in [3.05, 3.63) is 36.0 Å². The molecule has 0 spiro atoms. The van der Waals surface area contributed by atoms with Crippen molar-refractivity contribution in [2.24, 2.45) is 5.73 Å². The smallest absolute Gasteiger partial charge is 0.266 e. The summed E-state index contributed by atoms with van der Waals surface area (Å²) in [5, 5.41) is 6.59. The van der Waals surface area contributed by atoms with Crippen molar-refractivity contribution in [3.63, 3.8) is 0 Å². The van der Waals surface area contributed by atoms with Crippen LogP contribution < -0.4 is 10.5 Å². The number of para-hydroxylation sites is 1. The maximum absolute atomic E-state index is 10.9. The highest BCUT2D eigenvalue weighted by Crippen LogP contribution is 2.28. The molecule has 1 heterocycles. The van der Waals surface area contributed by atoms with E-state index in [1.165, 1.54) is 0 Å². The lowest BCUT2D eigenvalue weighted by Gasteiger charge is -2.04. The van der Waals surface area contributed by atoms with Crippen molar-refractivity contribution in [1.82, 2.24) is 10.2 Å². The molecule has 82 valence electrons. The van der Waals surface area contributed by atoms with Gasteiger partial charge in [0.1, 0.15) is 11.4 Å². The molecule has 1 aromatic heterocycles. The molecule has 0 atom stereocenters. The fourth-order valence-electron chi connectivity index (χ4n) is 1.44. The van der Waals surface area contributed by atoms with Crippen LogP contribution in [0, 0.1) is 0 Å². The molecule has 3 N–H and O–H groups in total. The van der Waals surface area contributed by atoms with Gasteiger partial charge < -0.3 is 10.5 Å². The summed E-state index contributed by atoms with van der Waals surface area (Å²) in [5.74, 6) is 0.165. The van der Waals surface area contributed by atoms with Crippen molar-refractivity contribution < 1.29 is 9.53 Å². The second-order valence-corrected chi connectivity index (χ2v) is 3.23. The van der Waals surface area contributed by atoms with Crippen molar-refractivity contribution in [3.8, 4) is 17.0 Å². The highest BCUT2D eigenvalue weighted by atomic mass is 16.5. The van der Waals surface area contributed by atoms with Gasteiger partial charge in [-0.1, -0.05) is 12.1 Å². The van der Waals surface area contributed by atoms with Crippen LogP contribution in [0.1, 0.15) is 10.5 Å². The van der Waals surface area contributed by atoms with Gasteiger partial charge in [-0.3, -0.25) is 9.89 Å². The Morgan fingerprint density at radius 1 is 1.44 bits per heavy atom. The number of hydrogen-bond donors (Lipinski definition) is 2. The van der Waals surface area contributed by atoms with E-state index >= 15 is 0 Å². The number of aromatic amines is 1. The molecule has 1 aromatic carbocycles. The first-order valence-electron chi connectivity index (χ1n) is 4.71. The minimum atomic E-state index is -0.534. The number of H-pyrrole nitrogens is 1. The Morgan fingerprint density at radius 3 is 2.81 bits per heavy atom. The normalized spacial score (nSPS) is 10.1.